The summed E-state index contributed by atoms with van der Waals surface area (Å²) in [6, 6.07) is 7.08. The van der Waals surface area contributed by atoms with Gasteiger partial charge in [0.1, 0.15) is 12.1 Å². The van der Waals surface area contributed by atoms with Gasteiger partial charge in [0.15, 0.2) is 0 Å². The molecular formula is C14H17N5O3. The van der Waals surface area contributed by atoms with Crippen molar-refractivity contribution in [2.24, 2.45) is 0 Å². The Bertz CT molecular complexity index is 645. The maximum absolute atomic E-state index is 11.0. The van der Waals surface area contributed by atoms with Crippen molar-refractivity contribution < 1.29 is 9.66 Å². The molecule has 2 rings (SSSR count). The van der Waals surface area contributed by atoms with Crippen molar-refractivity contribution in [3.05, 3.63) is 40.7 Å². The normalized spacial score (nSPS) is 10.2. The van der Waals surface area contributed by atoms with Gasteiger partial charge < -0.3 is 15.8 Å². The number of aromatic nitrogens is 2. The molecule has 0 fully saturated rings. The van der Waals surface area contributed by atoms with E-state index >= 15 is 0 Å². The van der Waals surface area contributed by atoms with Gasteiger partial charge in [-0.2, -0.15) is 0 Å². The van der Waals surface area contributed by atoms with Crippen molar-refractivity contribution in [2.45, 2.75) is 19.8 Å². The summed E-state index contributed by atoms with van der Waals surface area (Å²) in [5.41, 5.74) is 5.82. The molecule has 0 bridgehead atoms. The zero-order chi connectivity index (χ0) is 15.9. The van der Waals surface area contributed by atoms with Crippen molar-refractivity contribution in [3.8, 4) is 5.75 Å². The standard InChI is InChI=1S/C14H17N5O3/c1-2-3-8-22-11-6-4-10(5-7-11)18-14-12(19(20)21)13(15)16-9-17-14/h4-7,9H,2-3,8H2,1H3,(H3,15,16,17,18). The van der Waals surface area contributed by atoms with Crippen LogP contribution in [-0.4, -0.2) is 21.5 Å². The third kappa shape index (κ3) is 3.81. The number of nitrogen functional groups attached to an aromatic ring is 1. The summed E-state index contributed by atoms with van der Waals surface area (Å²) in [7, 11) is 0. The van der Waals surface area contributed by atoms with Crippen molar-refractivity contribution in [2.75, 3.05) is 17.7 Å². The fourth-order valence-corrected chi connectivity index (χ4v) is 1.77. The highest BCUT2D eigenvalue weighted by Gasteiger charge is 2.20. The van der Waals surface area contributed by atoms with Gasteiger partial charge in [-0.25, -0.2) is 9.97 Å². The molecule has 0 saturated heterocycles. The van der Waals surface area contributed by atoms with Crippen molar-refractivity contribution in [1.29, 1.82) is 0 Å². The highest BCUT2D eigenvalue weighted by atomic mass is 16.6. The molecule has 1 heterocycles. The number of ether oxygens (including phenoxy) is 1. The molecule has 116 valence electrons. The predicted molar refractivity (Wildman–Crippen MR) is 83.2 cm³/mol. The zero-order valence-corrected chi connectivity index (χ0v) is 12.2. The molecule has 0 aliphatic heterocycles. The lowest BCUT2D eigenvalue weighted by atomic mass is 10.3. The molecule has 0 radical (unpaired) electrons. The Kier molecular flexibility index (Phi) is 5.07. The Hall–Kier alpha value is -2.90. The van der Waals surface area contributed by atoms with Crippen molar-refractivity contribution in [1.82, 2.24) is 9.97 Å². The minimum absolute atomic E-state index is 0.0529. The molecule has 0 aliphatic carbocycles. The lowest BCUT2D eigenvalue weighted by Crippen LogP contribution is -2.05. The van der Waals surface area contributed by atoms with Crippen LogP contribution >= 0.6 is 0 Å². The molecular weight excluding hydrogens is 286 g/mol. The van der Waals surface area contributed by atoms with Crippen LogP contribution in [-0.2, 0) is 0 Å². The van der Waals surface area contributed by atoms with E-state index in [0.717, 1.165) is 18.6 Å². The van der Waals surface area contributed by atoms with E-state index in [4.69, 9.17) is 10.5 Å². The summed E-state index contributed by atoms with van der Waals surface area (Å²) in [5, 5.41) is 13.9. The molecule has 22 heavy (non-hydrogen) atoms. The fraction of sp³-hybridized carbons (Fsp3) is 0.286. The average molecular weight is 303 g/mol. The number of hydrogen-bond acceptors (Lipinski definition) is 7. The molecule has 8 nitrogen and oxygen atoms in total. The number of nitrogens with one attached hydrogen (secondary N) is 1. The van der Waals surface area contributed by atoms with Crippen molar-refractivity contribution in [3.63, 3.8) is 0 Å². The number of unbranched alkanes of at least 4 members (excludes halogenated alkanes) is 1. The first-order valence-electron chi connectivity index (χ1n) is 6.86. The molecule has 2 aromatic rings. The van der Waals surface area contributed by atoms with Gasteiger partial charge >= 0.3 is 5.69 Å². The topological polar surface area (TPSA) is 116 Å². The van der Waals surface area contributed by atoms with E-state index in [1.807, 2.05) is 0 Å². The van der Waals surface area contributed by atoms with E-state index in [9.17, 15) is 10.1 Å². The number of nitrogens with zero attached hydrogens (tertiary/aromatic N) is 3. The quantitative estimate of drug-likeness (QED) is 0.459. The predicted octanol–water partition coefficient (Wildman–Crippen LogP) is 2.89. The second-order valence-corrected chi connectivity index (χ2v) is 4.56. The third-order valence-corrected chi connectivity index (χ3v) is 2.92. The highest BCUT2D eigenvalue weighted by molar-refractivity contribution is 5.72. The molecule has 0 spiro atoms. The van der Waals surface area contributed by atoms with Crippen molar-refractivity contribution >= 4 is 23.0 Å². The first-order chi connectivity index (χ1) is 10.6. The third-order valence-electron chi connectivity index (χ3n) is 2.92. The average Bonchev–Trinajstić information content (AvgIpc) is 2.49. The smallest absolute Gasteiger partial charge is 0.353 e. The summed E-state index contributed by atoms with van der Waals surface area (Å²) in [6.45, 7) is 2.76. The second-order valence-electron chi connectivity index (χ2n) is 4.56. The minimum Gasteiger partial charge on any atom is -0.494 e. The summed E-state index contributed by atoms with van der Waals surface area (Å²) in [6.07, 6.45) is 3.23. The van der Waals surface area contributed by atoms with Gasteiger partial charge in [-0.05, 0) is 30.7 Å². The first-order valence-corrected chi connectivity index (χ1v) is 6.86. The molecule has 1 aromatic heterocycles. The number of rotatable bonds is 7. The van der Waals surface area contributed by atoms with Gasteiger partial charge in [0, 0.05) is 5.69 Å². The largest absolute Gasteiger partial charge is 0.494 e. The Morgan fingerprint density at radius 3 is 2.68 bits per heavy atom. The Labute approximate surface area is 127 Å². The lowest BCUT2D eigenvalue weighted by molar-refractivity contribution is -0.383. The number of nitrogens with two attached hydrogens (primary N) is 1. The van der Waals surface area contributed by atoms with Crippen LogP contribution in [0.25, 0.3) is 0 Å². The van der Waals surface area contributed by atoms with Gasteiger partial charge in [0.05, 0.1) is 11.5 Å². The number of nitro groups is 1. The SMILES string of the molecule is CCCCOc1ccc(Nc2ncnc(N)c2[N+](=O)[O-])cc1. The number of anilines is 3. The summed E-state index contributed by atoms with van der Waals surface area (Å²) in [4.78, 5) is 17.9. The van der Waals surface area contributed by atoms with Crippen LogP contribution in [0.15, 0.2) is 30.6 Å². The molecule has 0 atom stereocenters. The molecule has 0 amide bonds. The molecule has 0 aliphatic rings. The van der Waals surface area contributed by atoms with Gasteiger partial charge in [-0.1, -0.05) is 13.3 Å². The number of benzene rings is 1. The fourth-order valence-electron chi connectivity index (χ4n) is 1.77. The van der Waals surface area contributed by atoms with Crippen LogP contribution in [0.2, 0.25) is 0 Å². The second kappa shape index (κ2) is 7.21. The first kappa shape index (κ1) is 15.5. The van der Waals surface area contributed by atoms with Gasteiger partial charge in [-0.15, -0.1) is 0 Å². The summed E-state index contributed by atoms with van der Waals surface area (Å²) >= 11 is 0. The lowest BCUT2D eigenvalue weighted by Gasteiger charge is -2.08. The molecule has 8 heteroatoms. The monoisotopic (exact) mass is 303 g/mol. The molecule has 0 unspecified atom stereocenters. The molecule has 1 aromatic carbocycles. The van der Waals surface area contributed by atoms with E-state index < -0.39 is 4.92 Å². The van der Waals surface area contributed by atoms with Crippen LogP contribution < -0.4 is 15.8 Å². The Balaban J connectivity index is 2.11. The maximum atomic E-state index is 11.0. The van der Waals surface area contributed by atoms with Gasteiger partial charge in [0.25, 0.3) is 0 Å². The van der Waals surface area contributed by atoms with Gasteiger partial charge in [0.2, 0.25) is 11.6 Å². The highest BCUT2D eigenvalue weighted by Crippen LogP contribution is 2.29. The van der Waals surface area contributed by atoms with E-state index in [1.165, 1.54) is 6.33 Å². The van der Waals surface area contributed by atoms with Crippen LogP contribution in [0.1, 0.15) is 19.8 Å². The van der Waals surface area contributed by atoms with Crippen LogP contribution in [0.5, 0.6) is 5.75 Å². The Morgan fingerprint density at radius 2 is 2.05 bits per heavy atom. The Morgan fingerprint density at radius 1 is 1.32 bits per heavy atom. The van der Waals surface area contributed by atoms with E-state index in [2.05, 4.69) is 22.2 Å². The van der Waals surface area contributed by atoms with E-state index in [1.54, 1.807) is 24.3 Å². The maximum Gasteiger partial charge on any atom is 0.353 e. The summed E-state index contributed by atoms with van der Waals surface area (Å²) in [5.74, 6) is 0.620. The van der Waals surface area contributed by atoms with E-state index in [-0.39, 0.29) is 17.3 Å². The van der Waals surface area contributed by atoms with Gasteiger partial charge in [-0.3, -0.25) is 10.1 Å². The minimum atomic E-state index is -0.611. The zero-order valence-electron chi connectivity index (χ0n) is 12.2. The van der Waals surface area contributed by atoms with Crippen LogP contribution in [0.4, 0.5) is 23.0 Å². The van der Waals surface area contributed by atoms with Crippen LogP contribution in [0.3, 0.4) is 0 Å². The van der Waals surface area contributed by atoms with E-state index in [0.29, 0.717) is 12.3 Å². The van der Waals surface area contributed by atoms with Crippen LogP contribution in [0, 0.1) is 10.1 Å². The number of hydrogen-bond donors (Lipinski definition) is 2. The summed E-state index contributed by atoms with van der Waals surface area (Å²) < 4.78 is 5.55. The molecule has 3 N–H and O–H groups in total. The molecule has 0 saturated carbocycles.